The van der Waals surface area contributed by atoms with Crippen LogP contribution in [0.25, 0.3) is 0 Å². The molecule has 0 aliphatic rings. The van der Waals surface area contributed by atoms with Gasteiger partial charge in [-0.15, -0.1) is 0 Å². The molecule has 0 saturated carbocycles. The summed E-state index contributed by atoms with van der Waals surface area (Å²) >= 11 is 0. The van der Waals surface area contributed by atoms with Crippen molar-refractivity contribution < 1.29 is 4.39 Å². The fourth-order valence-electron chi connectivity index (χ4n) is 1.93. The van der Waals surface area contributed by atoms with Crippen LogP contribution in [0.2, 0.25) is 0 Å². The van der Waals surface area contributed by atoms with Gasteiger partial charge in [0.25, 0.3) is 0 Å². The van der Waals surface area contributed by atoms with Crippen LogP contribution < -0.4 is 0 Å². The monoisotopic (exact) mass is 280 g/mol. The van der Waals surface area contributed by atoms with Crippen molar-refractivity contribution in [2.24, 2.45) is 0 Å². The summed E-state index contributed by atoms with van der Waals surface area (Å²) in [5.74, 6) is 0. The molecule has 0 aliphatic heterocycles. The molecular formula is C19H33F. The van der Waals surface area contributed by atoms with E-state index in [1.165, 1.54) is 11.1 Å². The summed E-state index contributed by atoms with van der Waals surface area (Å²) in [7, 11) is 0. The highest BCUT2D eigenvalue weighted by atomic mass is 19.1. The third-order valence-corrected chi connectivity index (χ3v) is 3.41. The molecule has 1 atom stereocenters. The molecule has 116 valence electrons. The molecule has 0 bridgehead atoms. The van der Waals surface area contributed by atoms with Crippen molar-refractivity contribution in [3.05, 3.63) is 34.9 Å². The van der Waals surface area contributed by atoms with E-state index in [2.05, 4.69) is 47.6 Å². The Hall–Kier alpha value is -0.850. The molecular weight excluding hydrogens is 247 g/mol. The predicted molar refractivity (Wildman–Crippen MR) is 89.3 cm³/mol. The van der Waals surface area contributed by atoms with Gasteiger partial charge in [-0.2, -0.15) is 0 Å². The van der Waals surface area contributed by atoms with Crippen molar-refractivity contribution in [3.63, 3.8) is 0 Å². The Labute approximate surface area is 125 Å². The Kier molecular flexibility index (Phi) is 6.93. The lowest BCUT2D eigenvalue weighted by Crippen LogP contribution is -2.17. The molecule has 1 aromatic rings. The normalized spacial score (nSPS) is 13.5. The molecule has 0 spiro atoms. The standard InChI is InChI=1S/C17H27F.C2H6/c1-8-15(18)12-9-13(16(2,3)4)11-14(10-12)17(5,6)7;1-2/h9-11,15H,8H2,1-7H3;1-2H3. The van der Waals surface area contributed by atoms with Gasteiger partial charge in [0.05, 0.1) is 0 Å². The van der Waals surface area contributed by atoms with Crippen molar-refractivity contribution in [3.8, 4) is 0 Å². The smallest absolute Gasteiger partial charge is 0.125 e. The molecule has 0 amide bonds. The topological polar surface area (TPSA) is 0 Å². The molecule has 1 heteroatoms. The number of benzene rings is 1. The zero-order chi connectivity index (χ0) is 16.1. The van der Waals surface area contributed by atoms with Gasteiger partial charge in [-0.05, 0) is 33.9 Å². The molecule has 1 rings (SSSR count). The maximum atomic E-state index is 14.0. The molecule has 0 heterocycles. The Morgan fingerprint density at radius 1 is 0.850 bits per heavy atom. The number of hydrogen-bond donors (Lipinski definition) is 0. The number of alkyl halides is 1. The highest BCUT2D eigenvalue weighted by Crippen LogP contribution is 2.33. The van der Waals surface area contributed by atoms with E-state index in [9.17, 15) is 4.39 Å². The van der Waals surface area contributed by atoms with E-state index in [1.54, 1.807) is 0 Å². The van der Waals surface area contributed by atoms with Crippen molar-refractivity contribution in [2.75, 3.05) is 0 Å². The van der Waals surface area contributed by atoms with E-state index >= 15 is 0 Å². The van der Waals surface area contributed by atoms with Crippen LogP contribution in [0.3, 0.4) is 0 Å². The van der Waals surface area contributed by atoms with Crippen LogP contribution >= 0.6 is 0 Å². The van der Waals surface area contributed by atoms with Gasteiger partial charge in [-0.25, -0.2) is 4.39 Å². The summed E-state index contributed by atoms with van der Waals surface area (Å²) in [5, 5.41) is 0. The van der Waals surface area contributed by atoms with E-state index in [0.717, 1.165) is 5.56 Å². The first-order chi connectivity index (χ1) is 9.05. The second kappa shape index (κ2) is 7.24. The predicted octanol–water partition coefficient (Wildman–Crippen LogP) is 6.73. The Morgan fingerprint density at radius 3 is 1.45 bits per heavy atom. The van der Waals surface area contributed by atoms with Gasteiger partial charge in [-0.1, -0.05) is 80.5 Å². The Bertz CT molecular complexity index is 373. The molecule has 0 aliphatic carbocycles. The third-order valence-electron chi connectivity index (χ3n) is 3.41. The molecule has 1 aromatic carbocycles. The molecule has 0 aromatic heterocycles. The summed E-state index contributed by atoms with van der Waals surface area (Å²) < 4.78 is 14.0. The van der Waals surface area contributed by atoms with E-state index in [0.29, 0.717) is 6.42 Å². The van der Waals surface area contributed by atoms with Crippen molar-refractivity contribution >= 4 is 0 Å². The van der Waals surface area contributed by atoms with Crippen LogP contribution in [-0.2, 0) is 10.8 Å². The van der Waals surface area contributed by atoms with Crippen LogP contribution in [0, 0.1) is 0 Å². The zero-order valence-corrected chi connectivity index (χ0v) is 14.9. The number of rotatable bonds is 2. The minimum Gasteiger partial charge on any atom is -0.242 e. The first-order valence-electron chi connectivity index (χ1n) is 7.85. The van der Waals surface area contributed by atoms with Gasteiger partial charge in [-0.3, -0.25) is 0 Å². The highest BCUT2D eigenvalue weighted by molar-refractivity contribution is 5.38. The lowest BCUT2D eigenvalue weighted by molar-refractivity contribution is 0.333. The molecule has 20 heavy (non-hydrogen) atoms. The Balaban J connectivity index is 0.00000172. The van der Waals surface area contributed by atoms with E-state index in [1.807, 2.05) is 32.9 Å². The van der Waals surface area contributed by atoms with Crippen molar-refractivity contribution in [2.45, 2.75) is 85.7 Å². The molecule has 0 nitrogen and oxygen atoms in total. The minimum atomic E-state index is -0.853. The van der Waals surface area contributed by atoms with Crippen LogP contribution in [0.15, 0.2) is 18.2 Å². The maximum absolute atomic E-state index is 14.0. The first-order valence-corrected chi connectivity index (χ1v) is 7.85. The van der Waals surface area contributed by atoms with E-state index < -0.39 is 6.17 Å². The second-order valence-electron chi connectivity index (χ2n) is 7.22. The average Bonchev–Trinajstić information content (AvgIpc) is 2.37. The lowest BCUT2D eigenvalue weighted by Gasteiger charge is -2.26. The summed E-state index contributed by atoms with van der Waals surface area (Å²) in [6, 6.07) is 6.29. The van der Waals surface area contributed by atoms with Crippen LogP contribution in [0.4, 0.5) is 4.39 Å². The largest absolute Gasteiger partial charge is 0.242 e. The second-order valence-corrected chi connectivity index (χ2v) is 7.22. The van der Waals surface area contributed by atoms with Gasteiger partial charge >= 0.3 is 0 Å². The third kappa shape index (κ3) is 5.26. The molecule has 0 saturated heterocycles. The summed E-state index contributed by atoms with van der Waals surface area (Å²) in [6.07, 6.45) is -0.314. The Morgan fingerprint density at radius 2 is 1.20 bits per heavy atom. The van der Waals surface area contributed by atoms with Gasteiger partial charge < -0.3 is 0 Å². The first kappa shape index (κ1) is 19.1. The van der Waals surface area contributed by atoms with Crippen molar-refractivity contribution in [1.29, 1.82) is 0 Å². The number of hydrogen-bond acceptors (Lipinski definition) is 0. The zero-order valence-electron chi connectivity index (χ0n) is 14.9. The summed E-state index contributed by atoms with van der Waals surface area (Å²) in [4.78, 5) is 0. The average molecular weight is 280 g/mol. The van der Waals surface area contributed by atoms with E-state index in [-0.39, 0.29) is 10.8 Å². The summed E-state index contributed by atoms with van der Waals surface area (Å²) in [6.45, 7) is 19.0. The van der Waals surface area contributed by atoms with Gasteiger partial charge in [0.15, 0.2) is 0 Å². The van der Waals surface area contributed by atoms with Crippen LogP contribution in [-0.4, -0.2) is 0 Å². The molecule has 0 N–H and O–H groups in total. The van der Waals surface area contributed by atoms with Crippen molar-refractivity contribution in [1.82, 2.24) is 0 Å². The van der Waals surface area contributed by atoms with E-state index in [4.69, 9.17) is 0 Å². The maximum Gasteiger partial charge on any atom is 0.125 e. The fraction of sp³-hybridized carbons (Fsp3) is 0.684. The fourth-order valence-corrected chi connectivity index (χ4v) is 1.93. The van der Waals surface area contributed by atoms with Crippen LogP contribution in [0.5, 0.6) is 0 Å². The quantitative estimate of drug-likeness (QED) is 0.563. The SMILES string of the molecule is CC.CCC(F)c1cc(C(C)(C)C)cc(C(C)(C)C)c1. The highest BCUT2D eigenvalue weighted by Gasteiger charge is 2.22. The lowest BCUT2D eigenvalue weighted by atomic mass is 9.79. The van der Waals surface area contributed by atoms with Crippen LogP contribution in [0.1, 0.15) is 91.6 Å². The molecule has 0 fully saturated rings. The molecule has 1 unspecified atom stereocenters. The number of halogens is 1. The van der Waals surface area contributed by atoms with Gasteiger partial charge in [0.1, 0.15) is 6.17 Å². The van der Waals surface area contributed by atoms with Gasteiger partial charge in [0.2, 0.25) is 0 Å². The van der Waals surface area contributed by atoms with Gasteiger partial charge in [0, 0.05) is 0 Å². The minimum absolute atomic E-state index is 0.0590. The molecule has 0 radical (unpaired) electrons. The summed E-state index contributed by atoms with van der Waals surface area (Å²) in [5.41, 5.74) is 3.39.